The van der Waals surface area contributed by atoms with Crippen LogP contribution in [0.3, 0.4) is 0 Å². The molecular weight excluding hydrogens is 348 g/mol. The number of likely N-dealkylation sites (N-methyl/N-ethyl adjacent to an activating group) is 1. The molecule has 3 rings (SSSR count). The van der Waals surface area contributed by atoms with Gasteiger partial charge in [0, 0.05) is 13.1 Å². The lowest BCUT2D eigenvalue weighted by molar-refractivity contribution is -0.113. The highest BCUT2D eigenvalue weighted by atomic mass is 32.1. The van der Waals surface area contributed by atoms with Crippen molar-refractivity contribution in [3.63, 3.8) is 0 Å². The Morgan fingerprint density at radius 1 is 1.23 bits per heavy atom. The number of hydrogen-bond acceptors (Lipinski definition) is 5. The van der Waals surface area contributed by atoms with Gasteiger partial charge in [-0.25, -0.2) is 4.98 Å². The Morgan fingerprint density at radius 3 is 2.77 bits per heavy atom. The van der Waals surface area contributed by atoms with Crippen molar-refractivity contribution in [3.8, 4) is 11.5 Å². The molecule has 6 heteroatoms. The Labute approximate surface area is 156 Å². The molecule has 5 nitrogen and oxygen atoms in total. The fourth-order valence-corrected chi connectivity index (χ4v) is 3.37. The SMILES string of the molecule is CCOc1ccc(/C=C/C(=O)N(C)c2nc3ccccc3s2)cc1OC. The van der Waals surface area contributed by atoms with E-state index >= 15 is 0 Å². The van der Waals surface area contributed by atoms with Crippen molar-refractivity contribution in [2.45, 2.75) is 6.92 Å². The third-order valence-corrected chi connectivity index (χ3v) is 4.92. The number of fused-ring (bicyclic) bond motifs is 1. The number of nitrogens with zero attached hydrogens (tertiary/aromatic N) is 2. The molecule has 3 aromatic rings. The lowest BCUT2D eigenvalue weighted by Gasteiger charge is -2.11. The van der Waals surface area contributed by atoms with Gasteiger partial charge in [-0.15, -0.1) is 0 Å². The number of thiazole rings is 1. The Bertz CT molecular complexity index is 916. The molecule has 0 radical (unpaired) electrons. The van der Waals surface area contributed by atoms with Crippen LogP contribution in [0.1, 0.15) is 12.5 Å². The maximum absolute atomic E-state index is 12.5. The first-order chi connectivity index (χ1) is 12.6. The molecule has 0 spiro atoms. The van der Waals surface area contributed by atoms with E-state index in [0.717, 1.165) is 15.8 Å². The summed E-state index contributed by atoms with van der Waals surface area (Å²) in [4.78, 5) is 18.5. The number of amides is 1. The minimum absolute atomic E-state index is 0.142. The summed E-state index contributed by atoms with van der Waals surface area (Å²) < 4.78 is 11.9. The number of anilines is 1. The van der Waals surface area contributed by atoms with E-state index in [1.807, 2.05) is 49.4 Å². The molecule has 134 valence electrons. The monoisotopic (exact) mass is 368 g/mol. The Balaban J connectivity index is 1.76. The van der Waals surface area contributed by atoms with Crippen LogP contribution in [-0.4, -0.2) is 31.7 Å². The van der Waals surface area contributed by atoms with Crippen LogP contribution in [0.4, 0.5) is 5.13 Å². The van der Waals surface area contributed by atoms with Gasteiger partial charge < -0.3 is 9.47 Å². The third kappa shape index (κ3) is 3.86. The van der Waals surface area contributed by atoms with E-state index < -0.39 is 0 Å². The van der Waals surface area contributed by atoms with Crippen molar-refractivity contribution in [3.05, 3.63) is 54.1 Å². The molecule has 1 heterocycles. The summed E-state index contributed by atoms with van der Waals surface area (Å²) in [5.41, 5.74) is 1.75. The molecule has 0 fully saturated rings. The van der Waals surface area contributed by atoms with Gasteiger partial charge in [-0.3, -0.25) is 9.69 Å². The van der Waals surface area contributed by atoms with Crippen LogP contribution in [0.2, 0.25) is 0 Å². The molecule has 26 heavy (non-hydrogen) atoms. The fraction of sp³-hybridized carbons (Fsp3) is 0.200. The van der Waals surface area contributed by atoms with Gasteiger partial charge in [-0.05, 0) is 42.8 Å². The Kier molecular flexibility index (Phi) is 5.53. The van der Waals surface area contributed by atoms with Gasteiger partial charge in [-0.1, -0.05) is 29.5 Å². The second-order valence-corrected chi connectivity index (χ2v) is 6.55. The van der Waals surface area contributed by atoms with E-state index in [-0.39, 0.29) is 5.91 Å². The fourth-order valence-electron chi connectivity index (χ4n) is 2.44. The van der Waals surface area contributed by atoms with Crippen molar-refractivity contribution in [1.82, 2.24) is 4.98 Å². The minimum atomic E-state index is -0.142. The topological polar surface area (TPSA) is 51.7 Å². The summed E-state index contributed by atoms with van der Waals surface area (Å²) in [6, 6.07) is 13.4. The molecule has 0 bridgehead atoms. The van der Waals surface area contributed by atoms with E-state index in [1.54, 1.807) is 25.1 Å². The Morgan fingerprint density at radius 2 is 2.04 bits per heavy atom. The molecule has 0 unspecified atom stereocenters. The van der Waals surface area contributed by atoms with E-state index in [1.165, 1.54) is 17.4 Å². The van der Waals surface area contributed by atoms with Gasteiger partial charge in [0.1, 0.15) is 0 Å². The van der Waals surface area contributed by atoms with E-state index in [0.29, 0.717) is 23.2 Å². The normalized spacial score (nSPS) is 11.0. The summed E-state index contributed by atoms with van der Waals surface area (Å²) in [6.45, 7) is 2.49. The van der Waals surface area contributed by atoms with Crippen molar-refractivity contribution >= 4 is 38.7 Å². The van der Waals surface area contributed by atoms with E-state index in [4.69, 9.17) is 9.47 Å². The summed E-state index contributed by atoms with van der Waals surface area (Å²) >= 11 is 1.49. The standard InChI is InChI=1S/C20H20N2O3S/c1-4-25-16-11-9-14(13-17(16)24-3)10-12-19(23)22(2)20-21-15-7-5-6-8-18(15)26-20/h5-13H,4H2,1-3H3/b12-10+. The quantitative estimate of drug-likeness (QED) is 0.606. The average molecular weight is 368 g/mol. The molecule has 0 aliphatic heterocycles. The predicted molar refractivity (Wildman–Crippen MR) is 106 cm³/mol. The number of methoxy groups -OCH3 is 1. The molecule has 0 N–H and O–H groups in total. The van der Waals surface area contributed by atoms with E-state index in [2.05, 4.69) is 4.98 Å². The summed E-state index contributed by atoms with van der Waals surface area (Å²) in [5, 5.41) is 0.671. The first-order valence-corrected chi connectivity index (χ1v) is 9.06. The van der Waals surface area contributed by atoms with E-state index in [9.17, 15) is 4.79 Å². The molecule has 0 aliphatic carbocycles. The van der Waals surface area contributed by atoms with Crippen molar-refractivity contribution in [2.75, 3.05) is 25.7 Å². The van der Waals surface area contributed by atoms with Gasteiger partial charge in [0.05, 0.1) is 23.9 Å². The van der Waals surface area contributed by atoms with Crippen LogP contribution in [0.25, 0.3) is 16.3 Å². The van der Waals surface area contributed by atoms with Crippen LogP contribution >= 0.6 is 11.3 Å². The predicted octanol–water partition coefficient (Wildman–Crippen LogP) is 4.38. The second-order valence-electron chi connectivity index (χ2n) is 5.54. The van der Waals surface area contributed by atoms with Gasteiger partial charge in [0.25, 0.3) is 5.91 Å². The molecule has 0 saturated carbocycles. The third-order valence-electron chi connectivity index (χ3n) is 3.81. The highest BCUT2D eigenvalue weighted by Crippen LogP contribution is 2.29. The van der Waals surface area contributed by atoms with Gasteiger partial charge in [-0.2, -0.15) is 0 Å². The van der Waals surface area contributed by atoms with Gasteiger partial charge >= 0.3 is 0 Å². The molecule has 1 aromatic heterocycles. The lowest BCUT2D eigenvalue weighted by Crippen LogP contribution is -2.23. The maximum Gasteiger partial charge on any atom is 0.252 e. The number of hydrogen-bond donors (Lipinski definition) is 0. The van der Waals surface area contributed by atoms with Crippen LogP contribution in [0.15, 0.2) is 48.5 Å². The number of carbonyl (C=O) groups is 1. The summed E-state index contributed by atoms with van der Waals surface area (Å²) in [7, 11) is 3.32. The number of benzene rings is 2. The average Bonchev–Trinajstić information content (AvgIpc) is 3.10. The first kappa shape index (κ1) is 17.9. The number of carbonyl (C=O) groups excluding carboxylic acids is 1. The number of para-hydroxylation sites is 1. The Hall–Kier alpha value is -2.86. The van der Waals surface area contributed by atoms with Crippen LogP contribution < -0.4 is 14.4 Å². The highest BCUT2D eigenvalue weighted by molar-refractivity contribution is 7.22. The molecule has 0 atom stereocenters. The number of ether oxygens (including phenoxy) is 2. The molecule has 0 saturated heterocycles. The molecule has 1 amide bonds. The highest BCUT2D eigenvalue weighted by Gasteiger charge is 2.13. The zero-order chi connectivity index (χ0) is 18.5. The van der Waals surface area contributed by atoms with Crippen LogP contribution in [-0.2, 0) is 4.79 Å². The minimum Gasteiger partial charge on any atom is -0.493 e. The van der Waals surface area contributed by atoms with Gasteiger partial charge in [0.15, 0.2) is 16.6 Å². The van der Waals surface area contributed by atoms with Crippen molar-refractivity contribution in [2.24, 2.45) is 0 Å². The largest absolute Gasteiger partial charge is 0.493 e. The zero-order valence-electron chi connectivity index (χ0n) is 14.9. The van der Waals surface area contributed by atoms with Crippen molar-refractivity contribution < 1.29 is 14.3 Å². The number of aromatic nitrogens is 1. The summed E-state index contributed by atoms with van der Waals surface area (Å²) in [6.07, 6.45) is 3.28. The summed E-state index contributed by atoms with van der Waals surface area (Å²) in [5.74, 6) is 1.18. The van der Waals surface area contributed by atoms with Crippen LogP contribution in [0.5, 0.6) is 11.5 Å². The lowest BCUT2D eigenvalue weighted by atomic mass is 10.2. The smallest absolute Gasteiger partial charge is 0.252 e. The second kappa shape index (κ2) is 8.01. The molecular formula is C20H20N2O3S. The number of rotatable bonds is 6. The van der Waals surface area contributed by atoms with Crippen molar-refractivity contribution in [1.29, 1.82) is 0 Å². The van der Waals surface area contributed by atoms with Gasteiger partial charge in [0.2, 0.25) is 0 Å². The zero-order valence-corrected chi connectivity index (χ0v) is 15.7. The first-order valence-electron chi connectivity index (χ1n) is 8.24. The van der Waals surface area contributed by atoms with Crippen LogP contribution in [0, 0.1) is 0 Å². The maximum atomic E-state index is 12.5. The molecule has 2 aromatic carbocycles. The molecule has 0 aliphatic rings.